The smallest absolute Gasteiger partial charge is 0.141 e. The van der Waals surface area contributed by atoms with Crippen molar-refractivity contribution in [1.82, 2.24) is 24.8 Å². The topological polar surface area (TPSA) is 57.4 Å². The quantitative estimate of drug-likeness (QED) is 0.845. The van der Waals surface area contributed by atoms with E-state index in [2.05, 4.69) is 27.0 Å². The van der Waals surface area contributed by atoms with Crippen LogP contribution in [-0.2, 0) is 6.54 Å². The molecule has 2 heterocycles. The van der Waals surface area contributed by atoms with E-state index in [9.17, 15) is 9.50 Å². The Morgan fingerprint density at radius 1 is 1.28 bits per heavy atom. The van der Waals surface area contributed by atoms with E-state index < -0.39 is 5.82 Å². The Morgan fingerprint density at radius 2 is 2.04 bits per heavy atom. The zero-order valence-electron chi connectivity index (χ0n) is 14.3. The van der Waals surface area contributed by atoms with E-state index in [1.807, 2.05) is 6.20 Å². The molecule has 1 saturated heterocycles. The molecule has 3 rings (SSSR count). The highest BCUT2D eigenvalue weighted by Gasteiger charge is 2.22. The minimum atomic E-state index is -0.447. The average Bonchev–Trinajstić information content (AvgIpc) is 3.08. The van der Waals surface area contributed by atoms with Gasteiger partial charge in [0.25, 0.3) is 0 Å². The number of aliphatic hydroxyl groups is 1. The molecular formula is C17H23ClFN5O. The third-order valence-corrected chi connectivity index (χ3v) is 4.99. The van der Waals surface area contributed by atoms with Gasteiger partial charge < -0.3 is 5.11 Å². The van der Waals surface area contributed by atoms with Crippen molar-refractivity contribution in [2.45, 2.75) is 25.9 Å². The van der Waals surface area contributed by atoms with Crippen LogP contribution in [0, 0.1) is 5.82 Å². The van der Waals surface area contributed by atoms with Crippen LogP contribution in [0.25, 0.3) is 5.69 Å². The van der Waals surface area contributed by atoms with E-state index in [4.69, 9.17) is 11.6 Å². The highest BCUT2D eigenvalue weighted by Crippen LogP contribution is 2.18. The molecule has 0 amide bonds. The first-order chi connectivity index (χ1) is 12.1. The van der Waals surface area contributed by atoms with Gasteiger partial charge in [-0.1, -0.05) is 23.7 Å². The van der Waals surface area contributed by atoms with E-state index in [-0.39, 0.29) is 17.7 Å². The number of hydrogen-bond acceptors (Lipinski definition) is 5. The third-order valence-electron chi connectivity index (χ3n) is 4.70. The van der Waals surface area contributed by atoms with Crippen LogP contribution in [-0.4, -0.2) is 68.7 Å². The van der Waals surface area contributed by atoms with Gasteiger partial charge in [0.05, 0.1) is 29.2 Å². The molecule has 0 saturated carbocycles. The predicted molar refractivity (Wildman–Crippen MR) is 94.3 cm³/mol. The summed E-state index contributed by atoms with van der Waals surface area (Å²) >= 11 is 5.82. The van der Waals surface area contributed by atoms with E-state index in [0.717, 1.165) is 44.8 Å². The lowest BCUT2D eigenvalue weighted by Gasteiger charge is -2.38. The van der Waals surface area contributed by atoms with Crippen LogP contribution in [0.1, 0.15) is 19.0 Å². The standard InChI is InChI=1S/C17H23ClFN5O/c1-2-14(12-25)23-7-5-22(6-8-23)10-13-11-24(21-20-13)15-3-4-17(19)16(18)9-15/h3-4,9,11,14,25H,2,5-8,10,12H2,1H3. The zero-order valence-corrected chi connectivity index (χ0v) is 15.0. The summed E-state index contributed by atoms with van der Waals surface area (Å²) < 4.78 is 14.9. The molecule has 1 atom stereocenters. The van der Waals surface area contributed by atoms with E-state index in [1.54, 1.807) is 10.7 Å². The summed E-state index contributed by atoms with van der Waals surface area (Å²) in [6.07, 6.45) is 2.81. The normalized spacial score (nSPS) is 17.8. The van der Waals surface area contributed by atoms with Crippen LogP contribution in [0.2, 0.25) is 5.02 Å². The highest BCUT2D eigenvalue weighted by atomic mass is 35.5. The van der Waals surface area contributed by atoms with E-state index in [0.29, 0.717) is 5.69 Å². The van der Waals surface area contributed by atoms with Gasteiger partial charge in [-0.2, -0.15) is 0 Å². The van der Waals surface area contributed by atoms with Crippen LogP contribution in [0.5, 0.6) is 0 Å². The Labute approximate surface area is 151 Å². The highest BCUT2D eigenvalue weighted by molar-refractivity contribution is 6.30. The fourth-order valence-corrected chi connectivity index (χ4v) is 3.32. The molecule has 1 aliphatic rings. The van der Waals surface area contributed by atoms with Crippen LogP contribution in [0.15, 0.2) is 24.4 Å². The maximum absolute atomic E-state index is 13.3. The molecule has 25 heavy (non-hydrogen) atoms. The second kappa shape index (κ2) is 8.23. The number of rotatable bonds is 6. The van der Waals surface area contributed by atoms with Crippen molar-refractivity contribution >= 4 is 11.6 Å². The maximum Gasteiger partial charge on any atom is 0.141 e. The largest absolute Gasteiger partial charge is 0.395 e. The second-order valence-corrected chi connectivity index (χ2v) is 6.72. The van der Waals surface area contributed by atoms with Crippen molar-refractivity contribution in [1.29, 1.82) is 0 Å². The molecule has 2 aromatic rings. The Bertz CT molecular complexity index is 698. The Kier molecular flexibility index (Phi) is 6.01. The van der Waals surface area contributed by atoms with E-state index >= 15 is 0 Å². The lowest BCUT2D eigenvalue weighted by molar-refractivity contribution is 0.0603. The van der Waals surface area contributed by atoms with Gasteiger partial charge in [0.1, 0.15) is 5.82 Å². The van der Waals surface area contributed by atoms with Gasteiger partial charge >= 0.3 is 0 Å². The van der Waals surface area contributed by atoms with Crippen molar-refractivity contribution in [3.8, 4) is 5.69 Å². The van der Waals surface area contributed by atoms with Gasteiger partial charge in [-0.05, 0) is 24.6 Å². The summed E-state index contributed by atoms with van der Waals surface area (Å²) in [5, 5.41) is 17.8. The third kappa shape index (κ3) is 4.36. The number of aliphatic hydroxyl groups excluding tert-OH is 1. The molecule has 136 valence electrons. The number of aromatic nitrogens is 3. The summed E-state index contributed by atoms with van der Waals surface area (Å²) in [5.41, 5.74) is 1.55. The summed E-state index contributed by atoms with van der Waals surface area (Å²) in [7, 11) is 0. The molecule has 1 aromatic heterocycles. The molecule has 6 nitrogen and oxygen atoms in total. The number of nitrogens with zero attached hydrogens (tertiary/aromatic N) is 5. The fourth-order valence-electron chi connectivity index (χ4n) is 3.14. The number of hydrogen-bond donors (Lipinski definition) is 1. The first-order valence-corrected chi connectivity index (χ1v) is 8.92. The molecule has 1 fully saturated rings. The lowest BCUT2D eigenvalue weighted by atomic mass is 10.1. The molecule has 1 unspecified atom stereocenters. The van der Waals surface area contributed by atoms with Crippen molar-refractivity contribution in [3.05, 3.63) is 40.9 Å². The molecule has 0 aliphatic carbocycles. The SMILES string of the molecule is CCC(CO)N1CCN(Cc2cn(-c3ccc(F)c(Cl)c3)nn2)CC1. The summed E-state index contributed by atoms with van der Waals surface area (Å²) in [4.78, 5) is 4.67. The fraction of sp³-hybridized carbons (Fsp3) is 0.529. The molecule has 1 aromatic carbocycles. The summed E-state index contributed by atoms with van der Waals surface area (Å²) in [6, 6.07) is 4.74. The van der Waals surface area contributed by atoms with E-state index in [1.165, 1.54) is 12.1 Å². The van der Waals surface area contributed by atoms with Crippen LogP contribution in [0.3, 0.4) is 0 Å². The van der Waals surface area contributed by atoms with Crippen LogP contribution >= 0.6 is 11.6 Å². The summed E-state index contributed by atoms with van der Waals surface area (Å²) in [5.74, 6) is -0.447. The number of piperazine rings is 1. The molecule has 8 heteroatoms. The molecule has 0 radical (unpaired) electrons. The van der Waals surface area contributed by atoms with Gasteiger partial charge in [0.2, 0.25) is 0 Å². The average molecular weight is 368 g/mol. The Morgan fingerprint density at radius 3 is 2.68 bits per heavy atom. The molecule has 1 N–H and O–H groups in total. The lowest BCUT2D eigenvalue weighted by Crippen LogP contribution is -2.50. The van der Waals surface area contributed by atoms with Gasteiger partial charge in [0.15, 0.2) is 0 Å². The molecule has 1 aliphatic heterocycles. The summed E-state index contributed by atoms with van der Waals surface area (Å²) in [6.45, 7) is 6.80. The first-order valence-electron chi connectivity index (χ1n) is 8.54. The zero-order chi connectivity index (χ0) is 17.8. The second-order valence-electron chi connectivity index (χ2n) is 6.31. The van der Waals surface area contributed by atoms with Crippen LogP contribution in [0.4, 0.5) is 4.39 Å². The first kappa shape index (κ1) is 18.3. The van der Waals surface area contributed by atoms with Crippen molar-refractivity contribution in [3.63, 3.8) is 0 Å². The molecule has 0 spiro atoms. The van der Waals surface area contributed by atoms with Crippen molar-refractivity contribution in [2.75, 3.05) is 32.8 Å². The van der Waals surface area contributed by atoms with Gasteiger partial charge in [-0.3, -0.25) is 9.80 Å². The minimum absolute atomic E-state index is 0.0695. The predicted octanol–water partition coefficient (Wildman–Crippen LogP) is 1.95. The monoisotopic (exact) mass is 367 g/mol. The number of halogens is 2. The Hall–Kier alpha value is -1.54. The number of benzene rings is 1. The van der Waals surface area contributed by atoms with Gasteiger partial charge in [-0.25, -0.2) is 9.07 Å². The Balaban J connectivity index is 1.58. The molecule has 0 bridgehead atoms. The maximum atomic E-state index is 13.3. The van der Waals surface area contributed by atoms with Crippen LogP contribution < -0.4 is 0 Å². The minimum Gasteiger partial charge on any atom is -0.395 e. The van der Waals surface area contributed by atoms with Crippen molar-refractivity contribution in [2.24, 2.45) is 0 Å². The van der Waals surface area contributed by atoms with Gasteiger partial charge in [-0.15, -0.1) is 5.10 Å². The molecular weight excluding hydrogens is 345 g/mol. The van der Waals surface area contributed by atoms with Gasteiger partial charge in [0, 0.05) is 38.8 Å². The van der Waals surface area contributed by atoms with Crippen molar-refractivity contribution < 1.29 is 9.50 Å².